The van der Waals surface area contributed by atoms with Crippen molar-refractivity contribution in [2.45, 2.75) is 25.4 Å². The molecule has 1 fully saturated rings. The van der Waals surface area contributed by atoms with E-state index in [0.717, 1.165) is 18.6 Å². The fourth-order valence-electron chi connectivity index (χ4n) is 2.52. The summed E-state index contributed by atoms with van der Waals surface area (Å²) in [5, 5.41) is 11.8. The van der Waals surface area contributed by atoms with Crippen LogP contribution in [0.5, 0.6) is 11.6 Å². The topological polar surface area (TPSA) is 75.0 Å². The molecule has 1 N–H and O–H groups in total. The first-order valence-corrected chi connectivity index (χ1v) is 7.86. The number of amides is 1. The lowest BCUT2D eigenvalue weighted by molar-refractivity contribution is -0.137. The van der Waals surface area contributed by atoms with Crippen LogP contribution in [-0.4, -0.2) is 10.9 Å². The van der Waals surface area contributed by atoms with Crippen LogP contribution in [0.1, 0.15) is 24.8 Å². The van der Waals surface area contributed by atoms with Crippen LogP contribution in [0.2, 0.25) is 0 Å². The van der Waals surface area contributed by atoms with Crippen LogP contribution < -0.4 is 10.1 Å². The number of nitrogens with one attached hydrogen (secondary N) is 1. The van der Waals surface area contributed by atoms with E-state index in [0.29, 0.717) is 18.5 Å². The maximum absolute atomic E-state index is 12.5. The lowest BCUT2D eigenvalue weighted by Crippen LogP contribution is -2.40. The molecule has 0 spiro atoms. The average molecular weight is 361 g/mol. The predicted octanol–water partition coefficient (Wildman–Crippen LogP) is 4.53. The summed E-state index contributed by atoms with van der Waals surface area (Å²) in [5.41, 5.74) is -1.32. The Balaban J connectivity index is 1.63. The van der Waals surface area contributed by atoms with Gasteiger partial charge in [0.05, 0.1) is 23.5 Å². The van der Waals surface area contributed by atoms with Gasteiger partial charge in [-0.1, -0.05) is 0 Å². The maximum Gasteiger partial charge on any atom is 0.416 e. The van der Waals surface area contributed by atoms with Gasteiger partial charge >= 0.3 is 6.18 Å². The number of hydrogen-bond acceptors (Lipinski definition) is 4. The molecule has 1 aliphatic carbocycles. The first-order valence-electron chi connectivity index (χ1n) is 7.86. The second-order valence-corrected chi connectivity index (χ2v) is 6.01. The smallest absolute Gasteiger partial charge is 0.416 e. The Labute approximate surface area is 147 Å². The zero-order chi connectivity index (χ0) is 18.8. The molecule has 0 bridgehead atoms. The van der Waals surface area contributed by atoms with E-state index in [1.807, 2.05) is 0 Å². The van der Waals surface area contributed by atoms with Crippen molar-refractivity contribution in [3.8, 4) is 17.7 Å². The Hall–Kier alpha value is -3.08. The number of nitrogens with zero attached hydrogens (tertiary/aromatic N) is 2. The lowest BCUT2D eigenvalue weighted by atomic mass is 9.69. The van der Waals surface area contributed by atoms with E-state index in [4.69, 9.17) is 10.00 Å². The Kier molecular flexibility index (Phi) is 4.55. The third-order valence-electron chi connectivity index (χ3n) is 4.25. The largest absolute Gasteiger partial charge is 0.439 e. The quantitative estimate of drug-likeness (QED) is 0.868. The molecule has 8 heteroatoms. The Morgan fingerprint density at radius 3 is 2.35 bits per heavy atom. The van der Waals surface area contributed by atoms with Crippen molar-refractivity contribution in [3.63, 3.8) is 0 Å². The lowest BCUT2D eigenvalue weighted by Gasteiger charge is -2.33. The Morgan fingerprint density at radius 1 is 1.19 bits per heavy atom. The molecule has 1 aromatic heterocycles. The summed E-state index contributed by atoms with van der Waals surface area (Å²) in [6.07, 6.45) is -1.12. The molecule has 0 atom stereocenters. The summed E-state index contributed by atoms with van der Waals surface area (Å²) in [4.78, 5) is 16.2. The van der Waals surface area contributed by atoms with E-state index in [2.05, 4.69) is 16.4 Å². The minimum Gasteiger partial charge on any atom is -0.439 e. The number of carbonyl (C=O) groups excluding carboxylic acids is 1. The third-order valence-corrected chi connectivity index (χ3v) is 4.25. The normalized spacial score (nSPS) is 15.5. The number of alkyl halides is 3. The summed E-state index contributed by atoms with van der Waals surface area (Å²) >= 11 is 0. The maximum atomic E-state index is 12.5. The molecule has 1 saturated carbocycles. The van der Waals surface area contributed by atoms with Crippen LogP contribution in [0.25, 0.3) is 0 Å². The molecule has 1 aromatic carbocycles. The number of pyridine rings is 1. The van der Waals surface area contributed by atoms with Gasteiger partial charge in [-0.2, -0.15) is 18.4 Å². The highest BCUT2D eigenvalue weighted by molar-refractivity contribution is 5.97. The van der Waals surface area contributed by atoms with Crippen molar-refractivity contribution in [1.82, 2.24) is 4.98 Å². The van der Waals surface area contributed by atoms with Gasteiger partial charge in [-0.25, -0.2) is 4.98 Å². The molecular formula is C18H14F3N3O2. The number of aromatic nitrogens is 1. The molecule has 26 heavy (non-hydrogen) atoms. The first kappa shape index (κ1) is 17.7. The number of benzene rings is 1. The summed E-state index contributed by atoms with van der Waals surface area (Å²) in [6, 6.07) is 9.33. The van der Waals surface area contributed by atoms with E-state index in [9.17, 15) is 18.0 Å². The van der Waals surface area contributed by atoms with Crippen molar-refractivity contribution in [1.29, 1.82) is 5.26 Å². The third kappa shape index (κ3) is 3.61. The van der Waals surface area contributed by atoms with Crippen LogP contribution >= 0.6 is 0 Å². The zero-order valence-corrected chi connectivity index (χ0v) is 13.5. The molecule has 1 aliphatic rings. The van der Waals surface area contributed by atoms with Crippen LogP contribution in [0.4, 0.5) is 18.9 Å². The van der Waals surface area contributed by atoms with Gasteiger partial charge < -0.3 is 10.1 Å². The van der Waals surface area contributed by atoms with Crippen LogP contribution in [0.15, 0.2) is 42.6 Å². The van der Waals surface area contributed by atoms with Crippen molar-refractivity contribution >= 4 is 11.6 Å². The molecule has 1 amide bonds. The van der Waals surface area contributed by atoms with E-state index in [1.54, 1.807) is 6.07 Å². The second-order valence-electron chi connectivity index (χ2n) is 6.01. The van der Waals surface area contributed by atoms with Crippen LogP contribution in [0, 0.1) is 16.7 Å². The molecule has 5 nitrogen and oxygen atoms in total. The van der Waals surface area contributed by atoms with Gasteiger partial charge in [0, 0.05) is 6.07 Å². The minimum absolute atomic E-state index is 0.168. The standard InChI is InChI=1S/C18H14F3N3O2/c19-18(20,21)12-2-5-14(6-3-12)26-15-7-4-13(10-23-15)24-16(25)17(11-22)8-1-9-17/h2-7,10H,1,8-9H2,(H,24,25). The summed E-state index contributed by atoms with van der Waals surface area (Å²) < 4.78 is 43.0. The summed E-state index contributed by atoms with van der Waals surface area (Å²) in [5.74, 6) is 0.0195. The highest BCUT2D eigenvalue weighted by atomic mass is 19.4. The number of nitriles is 1. The van der Waals surface area contributed by atoms with Gasteiger partial charge in [-0.15, -0.1) is 0 Å². The average Bonchev–Trinajstić information content (AvgIpc) is 2.56. The summed E-state index contributed by atoms with van der Waals surface area (Å²) in [6.45, 7) is 0. The minimum atomic E-state index is -4.40. The van der Waals surface area contributed by atoms with Crippen molar-refractivity contribution < 1.29 is 22.7 Å². The predicted molar refractivity (Wildman–Crippen MR) is 86.3 cm³/mol. The molecule has 134 valence electrons. The Morgan fingerprint density at radius 2 is 1.88 bits per heavy atom. The molecule has 0 unspecified atom stereocenters. The highest BCUT2D eigenvalue weighted by Gasteiger charge is 2.44. The zero-order valence-electron chi connectivity index (χ0n) is 13.5. The molecule has 3 rings (SSSR count). The van der Waals surface area contributed by atoms with Gasteiger partial charge in [0.15, 0.2) is 0 Å². The number of ether oxygens (including phenoxy) is 1. The van der Waals surface area contributed by atoms with Crippen molar-refractivity contribution in [2.24, 2.45) is 5.41 Å². The van der Waals surface area contributed by atoms with E-state index in [-0.39, 0.29) is 17.5 Å². The van der Waals surface area contributed by atoms with Gasteiger partial charge in [0.1, 0.15) is 11.2 Å². The van der Waals surface area contributed by atoms with Gasteiger partial charge in [-0.05, 0) is 49.6 Å². The van der Waals surface area contributed by atoms with Gasteiger partial charge in [-0.3, -0.25) is 4.79 Å². The number of hydrogen-bond donors (Lipinski definition) is 1. The van der Waals surface area contributed by atoms with Crippen LogP contribution in [0.3, 0.4) is 0 Å². The number of carbonyl (C=O) groups is 1. The monoisotopic (exact) mass is 361 g/mol. The highest BCUT2D eigenvalue weighted by Crippen LogP contribution is 2.41. The van der Waals surface area contributed by atoms with Gasteiger partial charge in [0.2, 0.25) is 11.8 Å². The van der Waals surface area contributed by atoms with Crippen molar-refractivity contribution in [2.75, 3.05) is 5.32 Å². The number of anilines is 1. The fraction of sp³-hybridized carbons (Fsp3) is 0.278. The number of rotatable bonds is 4. The molecule has 1 heterocycles. The Bertz CT molecular complexity index is 836. The number of halogens is 3. The molecule has 0 aliphatic heterocycles. The van der Waals surface area contributed by atoms with E-state index < -0.39 is 17.2 Å². The van der Waals surface area contributed by atoms with Crippen LogP contribution in [-0.2, 0) is 11.0 Å². The van der Waals surface area contributed by atoms with Gasteiger partial charge in [0.25, 0.3) is 0 Å². The van der Waals surface area contributed by atoms with E-state index in [1.165, 1.54) is 24.4 Å². The van der Waals surface area contributed by atoms with Crippen molar-refractivity contribution in [3.05, 3.63) is 48.2 Å². The fourth-order valence-corrected chi connectivity index (χ4v) is 2.52. The SMILES string of the molecule is N#CC1(C(=O)Nc2ccc(Oc3ccc(C(F)(F)F)cc3)nc2)CCC1. The second kappa shape index (κ2) is 6.67. The summed E-state index contributed by atoms with van der Waals surface area (Å²) in [7, 11) is 0. The molecule has 0 saturated heterocycles. The molecule has 2 aromatic rings. The molecule has 0 radical (unpaired) electrons. The van der Waals surface area contributed by atoms with E-state index >= 15 is 0 Å². The first-order chi connectivity index (χ1) is 12.3. The molecular weight excluding hydrogens is 347 g/mol.